The molecule has 7 heteroatoms. The number of hydrogen-bond acceptors (Lipinski definition) is 3. The third-order valence-electron chi connectivity index (χ3n) is 3.57. The van der Waals surface area contributed by atoms with Gasteiger partial charge in [-0.05, 0) is 37.6 Å². The summed E-state index contributed by atoms with van der Waals surface area (Å²) in [6.45, 7) is 0.912. The average molecular weight is 338 g/mol. The lowest BCUT2D eigenvalue weighted by Gasteiger charge is -2.31. The fraction of sp³-hybridized carbons (Fsp3) is 0.538. The second kappa shape index (κ2) is 6.62. The number of nitrogens with one attached hydrogen (secondary N) is 1. The van der Waals surface area contributed by atoms with Crippen molar-refractivity contribution in [2.24, 2.45) is 5.92 Å². The molecule has 112 valence electrons. The molecule has 1 aromatic carbocycles. The lowest BCUT2D eigenvalue weighted by molar-refractivity contribution is 0.0570. The first kappa shape index (κ1) is 16.0. The van der Waals surface area contributed by atoms with E-state index in [1.165, 1.54) is 7.05 Å². The second-order valence-corrected chi connectivity index (χ2v) is 7.78. The smallest absolute Gasteiger partial charge is 0.214 e. The minimum atomic E-state index is -3.30. The van der Waals surface area contributed by atoms with Crippen LogP contribution in [0.1, 0.15) is 12.0 Å². The van der Waals surface area contributed by atoms with Gasteiger partial charge >= 0.3 is 0 Å². The molecule has 2 unspecified atom stereocenters. The number of rotatable bonds is 4. The maximum atomic E-state index is 12.1. The number of ether oxygens (including phenoxy) is 1. The lowest BCUT2D eigenvalue weighted by atomic mass is 9.93. The van der Waals surface area contributed by atoms with E-state index in [0.717, 1.165) is 5.56 Å². The highest BCUT2D eigenvalue weighted by Crippen LogP contribution is 2.28. The molecule has 1 aliphatic heterocycles. The Hall–Kier alpha value is -0.330. The van der Waals surface area contributed by atoms with Crippen molar-refractivity contribution in [3.05, 3.63) is 33.8 Å². The van der Waals surface area contributed by atoms with Crippen molar-refractivity contribution in [3.63, 3.8) is 0 Å². The summed E-state index contributed by atoms with van der Waals surface area (Å²) in [5, 5.41) is 0.541. The quantitative estimate of drug-likeness (QED) is 0.918. The van der Waals surface area contributed by atoms with Gasteiger partial charge in [-0.25, -0.2) is 13.1 Å². The summed E-state index contributed by atoms with van der Waals surface area (Å²) in [7, 11) is -1.85. The molecule has 0 aromatic heterocycles. The van der Waals surface area contributed by atoms with Crippen molar-refractivity contribution >= 4 is 33.2 Å². The van der Waals surface area contributed by atoms with E-state index in [-0.39, 0.29) is 5.92 Å². The van der Waals surface area contributed by atoms with Crippen molar-refractivity contribution in [3.8, 4) is 0 Å². The topological polar surface area (TPSA) is 55.4 Å². The predicted octanol–water partition coefficient (Wildman–Crippen LogP) is 2.49. The Morgan fingerprint density at radius 2 is 2.10 bits per heavy atom. The Balaban J connectivity index is 2.18. The average Bonchev–Trinajstić information content (AvgIpc) is 2.43. The molecule has 2 rings (SSSR count). The van der Waals surface area contributed by atoms with E-state index < -0.39 is 15.3 Å². The fourth-order valence-corrected chi connectivity index (χ4v) is 4.21. The SMILES string of the molecule is CNS(=O)(=O)C1CCOCC1Cc1ccc(Cl)c(Cl)c1. The Bertz CT molecular complexity index is 577. The van der Waals surface area contributed by atoms with Gasteiger partial charge < -0.3 is 4.74 Å². The molecule has 2 atom stereocenters. The maximum absolute atomic E-state index is 12.1. The number of sulfonamides is 1. The van der Waals surface area contributed by atoms with Gasteiger partial charge in [-0.15, -0.1) is 0 Å². The minimum absolute atomic E-state index is 0.0848. The molecule has 4 nitrogen and oxygen atoms in total. The van der Waals surface area contributed by atoms with Crippen LogP contribution in [0.15, 0.2) is 18.2 Å². The zero-order chi connectivity index (χ0) is 14.8. The van der Waals surface area contributed by atoms with E-state index >= 15 is 0 Å². The Labute approximate surface area is 129 Å². The van der Waals surface area contributed by atoms with Crippen LogP contribution < -0.4 is 4.72 Å². The number of benzene rings is 1. The second-order valence-electron chi connectivity index (χ2n) is 4.86. The number of halogens is 2. The van der Waals surface area contributed by atoms with Gasteiger partial charge in [0.2, 0.25) is 10.0 Å². The van der Waals surface area contributed by atoms with E-state index in [1.54, 1.807) is 12.1 Å². The van der Waals surface area contributed by atoms with Crippen molar-refractivity contribution < 1.29 is 13.2 Å². The van der Waals surface area contributed by atoms with Crippen LogP contribution >= 0.6 is 23.2 Å². The molecular formula is C13H17Cl2NO3S. The van der Waals surface area contributed by atoms with Gasteiger partial charge in [0.25, 0.3) is 0 Å². The highest BCUT2D eigenvalue weighted by Gasteiger charge is 2.35. The van der Waals surface area contributed by atoms with Crippen LogP contribution in [-0.2, 0) is 21.2 Å². The van der Waals surface area contributed by atoms with Gasteiger partial charge in [0.15, 0.2) is 0 Å². The normalized spacial score (nSPS) is 23.8. The predicted molar refractivity (Wildman–Crippen MR) is 80.9 cm³/mol. The van der Waals surface area contributed by atoms with E-state index in [1.807, 2.05) is 6.07 Å². The van der Waals surface area contributed by atoms with Gasteiger partial charge in [0.05, 0.1) is 21.9 Å². The van der Waals surface area contributed by atoms with E-state index in [0.29, 0.717) is 36.1 Å². The molecule has 1 fully saturated rings. The van der Waals surface area contributed by atoms with Crippen LogP contribution in [0, 0.1) is 5.92 Å². The molecule has 0 spiro atoms. The third kappa shape index (κ3) is 3.65. The largest absolute Gasteiger partial charge is 0.381 e. The molecular weight excluding hydrogens is 321 g/mol. The van der Waals surface area contributed by atoms with E-state index in [9.17, 15) is 8.42 Å². The first-order valence-corrected chi connectivity index (χ1v) is 8.68. The summed E-state index contributed by atoms with van der Waals surface area (Å²) in [5.74, 6) is -0.0848. The molecule has 0 saturated carbocycles. The molecule has 1 N–H and O–H groups in total. The minimum Gasteiger partial charge on any atom is -0.381 e. The van der Waals surface area contributed by atoms with Gasteiger partial charge in [-0.2, -0.15) is 0 Å². The summed E-state index contributed by atoms with van der Waals surface area (Å²) in [4.78, 5) is 0. The Morgan fingerprint density at radius 1 is 1.35 bits per heavy atom. The van der Waals surface area contributed by atoms with Crippen LogP contribution in [0.3, 0.4) is 0 Å². The molecule has 0 bridgehead atoms. The molecule has 1 aliphatic rings. The Morgan fingerprint density at radius 3 is 2.75 bits per heavy atom. The molecule has 20 heavy (non-hydrogen) atoms. The maximum Gasteiger partial charge on any atom is 0.214 e. The highest BCUT2D eigenvalue weighted by atomic mass is 35.5. The fourth-order valence-electron chi connectivity index (χ4n) is 2.50. The van der Waals surface area contributed by atoms with Crippen molar-refractivity contribution in [2.75, 3.05) is 20.3 Å². The van der Waals surface area contributed by atoms with Gasteiger partial charge in [-0.1, -0.05) is 29.3 Å². The van der Waals surface area contributed by atoms with Gasteiger partial charge in [0, 0.05) is 12.5 Å². The third-order valence-corrected chi connectivity index (χ3v) is 6.30. The van der Waals surface area contributed by atoms with Crippen LogP contribution in [0.2, 0.25) is 10.0 Å². The van der Waals surface area contributed by atoms with Crippen LogP contribution in [0.5, 0.6) is 0 Å². The van der Waals surface area contributed by atoms with Gasteiger partial charge in [-0.3, -0.25) is 0 Å². The molecule has 1 saturated heterocycles. The standard InChI is InChI=1S/C13H17Cl2NO3S/c1-16-20(17,18)13-4-5-19-8-10(13)6-9-2-3-11(14)12(15)7-9/h2-3,7,10,13,16H,4-6,8H2,1H3. The zero-order valence-electron chi connectivity index (χ0n) is 11.1. The van der Waals surface area contributed by atoms with E-state index in [2.05, 4.69) is 4.72 Å². The summed E-state index contributed by atoms with van der Waals surface area (Å²) < 4.78 is 32.0. The Kier molecular flexibility index (Phi) is 5.31. The lowest BCUT2D eigenvalue weighted by Crippen LogP contribution is -2.43. The summed E-state index contributed by atoms with van der Waals surface area (Å²) in [6.07, 6.45) is 1.11. The summed E-state index contributed by atoms with van der Waals surface area (Å²) >= 11 is 11.9. The van der Waals surface area contributed by atoms with Crippen molar-refractivity contribution in [1.29, 1.82) is 0 Å². The first-order valence-electron chi connectivity index (χ1n) is 6.38. The van der Waals surface area contributed by atoms with Crippen LogP contribution in [0.4, 0.5) is 0 Å². The van der Waals surface area contributed by atoms with Crippen molar-refractivity contribution in [2.45, 2.75) is 18.1 Å². The van der Waals surface area contributed by atoms with Crippen LogP contribution in [-0.4, -0.2) is 33.9 Å². The highest BCUT2D eigenvalue weighted by molar-refractivity contribution is 7.90. The van der Waals surface area contributed by atoms with Crippen molar-refractivity contribution in [1.82, 2.24) is 4.72 Å². The molecule has 0 radical (unpaired) electrons. The molecule has 0 amide bonds. The first-order chi connectivity index (χ1) is 9.44. The molecule has 1 heterocycles. The van der Waals surface area contributed by atoms with Crippen LogP contribution in [0.25, 0.3) is 0 Å². The monoisotopic (exact) mass is 337 g/mol. The van der Waals surface area contributed by atoms with Gasteiger partial charge in [0.1, 0.15) is 0 Å². The van der Waals surface area contributed by atoms with E-state index in [4.69, 9.17) is 27.9 Å². The molecule has 1 aromatic rings. The summed E-state index contributed by atoms with van der Waals surface area (Å²) in [5.41, 5.74) is 0.964. The summed E-state index contributed by atoms with van der Waals surface area (Å²) in [6, 6.07) is 5.37. The zero-order valence-corrected chi connectivity index (χ0v) is 13.4. The molecule has 0 aliphatic carbocycles. The number of hydrogen-bond donors (Lipinski definition) is 1.